The van der Waals surface area contributed by atoms with Crippen molar-refractivity contribution in [1.82, 2.24) is 34.8 Å². The van der Waals surface area contributed by atoms with Crippen molar-refractivity contribution in [2.45, 2.75) is 13.1 Å². The predicted molar refractivity (Wildman–Crippen MR) is 132 cm³/mol. The van der Waals surface area contributed by atoms with Crippen molar-refractivity contribution >= 4 is 27.4 Å². The zero-order valence-corrected chi connectivity index (χ0v) is 19.9. The van der Waals surface area contributed by atoms with Crippen molar-refractivity contribution < 1.29 is 8.78 Å². The summed E-state index contributed by atoms with van der Waals surface area (Å²) in [4.78, 5) is 15.0. The Labute approximate surface area is 204 Å². The highest BCUT2D eigenvalue weighted by Crippen LogP contribution is 2.40. The molecule has 0 aliphatic rings. The number of hydrogen-bond donors (Lipinski definition) is 1. The Morgan fingerprint density at radius 3 is 2.77 bits per heavy atom. The summed E-state index contributed by atoms with van der Waals surface area (Å²) in [6.07, 6.45) is 6.09. The van der Waals surface area contributed by atoms with E-state index >= 15 is 0 Å². The largest absolute Gasteiger partial charge is 0.352 e. The third-order valence-electron chi connectivity index (χ3n) is 5.35. The lowest BCUT2D eigenvalue weighted by Gasteiger charge is -2.14. The molecule has 5 aromatic rings. The van der Waals surface area contributed by atoms with Crippen LogP contribution in [0.3, 0.4) is 0 Å². The molecule has 5 rings (SSSR count). The normalized spacial score (nSPS) is 11.5. The summed E-state index contributed by atoms with van der Waals surface area (Å²) in [5.74, 6) is -0.730. The van der Waals surface area contributed by atoms with Crippen LogP contribution in [0.1, 0.15) is 5.56 Å². The Bertz CT molecular complexity index is 1470. The van der Waals surface area contributed by atoms with Crippen LogP contribution < -0.4 is 5.32 Å². The van der Waals surface area contributed by atoms with Gasteiger partial charge in [-0.05, 0) is 36.7 Å². The molecule has 178 valence electrons. The first kappa shape index (κ1) is 22.9. The van der Waals surface area contributed by atoms with Gasteiger partial charge in [0.2, 0.25) is 11.9 Å². The standard InChI is InChI=1S/C24H22F2N8S/c1-33(2)14-16-12-28-21(26)11-18(16)17-5-3-4-15-10-20(35-23(15)17)22-19(25)13-29-24(31-22)27-6-8-34-9-7-30-32-34/h3-5,7,9-13H,6,8,14H2,1-2H3,(H,27,29,31). The molecular formula is C24H22F2N8S. The molecule has 0 fully saturated rings. The van der Waals surface area contributed by atoms with Crippen molar-refractivity contribution in [3.63, 3.8) is 0 Å². The van der Waals surface area contributed by atoms with Crippen LogP contribution in [0.5, 0.6) is 0 Å². The number of benzene rings is 1. The summed E-state index contributed by atoms with van der Waals surface area (Å²) in [6, 6.07) is 9.18. The van der Waals surface area contributed by atoms with Gasteiger partial charge in [-0.25, -0.2) is 19.3 Å². The van der Waals surface area contributed by atoms with Gasteiger partial charge < -0.3 is 10.2 Å². The molecule has 1 N–H and O–H groups in total. The van der Waals surface area contributed by atoms with Gasteiger partial charge in [-0.15, -0.1) is 16.4 Å². The fourth-order valence-electron chi connectivity index (χ4n) is 3.83. The fraction of sp³-hybridized carbons (Fsp3) is 0.208. The summed E-state index contributed by atoms with van der Waals surface area (Å²) in [6.45, 7) is 1.69. The monoisotopic (exact) mass is 492 g/mol. The fourth-order valence-corrected chi connectivity index (χ4v) is 5.01. The Balaban J connectivity index is 1.50. The van der Waals surface area contributed by atoms with Crippen LogP contribution in [0.15, 0.2) is 55.1 Å². The van der Waals surface area contributed by atoms with Crippen molar-refractivity contribution in [2.24, 2.45) is 0 Å². The van der Waals surface area contributed by atoms with Crippen molar-refractivity contribution in [2.75, 3.05) is 26.0 Å². The Morgan fingerprint density at radius 1 is 1.09 bits per heavy atom. The number of aromatic nitrogens is 6. The Kier molecular flexibility index (Phi) is 6.43. The number of hydrogen-bond acceptors (Lipinski definition) is 8. The number of thiophene rings is 1. The second kappa shape index (κ2) is 9.80. The van der Waals surface area contributed by atoms with Crippen molar-refractivity contribution in [3.8, 4) is 21.7 Å². The molecule has 0 aliphatic carbocycles. The van der Waals surface area contributed by atoms with E-state index in [0.717, 1.165) is 26.8 Å². The minimum absolute atomic E-state index is 0.213. The van der Waals surface area contributed by atoms with Crippen LogP contribution in [0.2, 0.25) is 0 Å². The van der Waals surface area contributed by atoms with Gasteiger partial charge in [0.1, 0.15) is 5.69 Å². The molecule has 1 aromatic carbocycles. The average molecular weight is 493 g/mol. The molecule has 0 spiro atoms. The van der Waals surface area contributed by atoms with Gasteiger partial charge in [0.25, 0.3) is 0 Å². The highest BCUT2D eigenvalue weighted by Gasteiger charge is 2.17. The van der Waals surface area contributed by atoms with E-state index in [1.807, 2.05) is 43.3 Å². The van der Waals surface area contributed by atoms with E-state index in [1.165, 1.54) is 23.6 Å². The highest BCUT2D eigenvalue weighted by atomic mass is 32.1. The predicted octanol–water partition coefficient (Wildman–Crippen LogP) is 4.46. The van der Waals surface area contributed by atoms with Crippen LogP contribution in [0, 0.1) is 11.8 Å². The molecule has 4 aromatic heterocycles. The van der Waals surface area contributed by atoms with E-state index in [4.69, 9.17) is 0 Å². The second-order valence-corrected chi connectivity index (χ2v) is 9.27. The molecule has 0 saturated carbocycles. The lowest BCUT2D eigenvalue weighted by molar-refractivity contribution is 0.401. The van der Waals surface area contributed by atoms with E-state index < -0.39 is 11.8 Å². The Hall–Kier alpha value is -3.83. The van der Waals surface area contributed by atoms with Gasteiger partial charge in [-0.2, -0.15) is 4.39 Å². The topological polar surface area (TPSA) is 84.7 Å². The molecular weight excluding hydrogens is 470 g/mol. The molecule has 4 heterocycles. The number of pyridine rings is 1. The van der Waals surface area contributed by atoms with Crippen molar-refractivity contribution in [3.05, 3.63) is 72.4 Å². The molecule has 0 amide bonds. The maximum atomic E-state index is 14.8. The van der Waals surface area contributed by atoms with Gasteiger partial charge in [0, 0.05) is 41.8 Å². The maximum Gasteiger partial charge on any atom is 0.223 e. The molecule has 0 saturated heterocycles. The van der Waals surface area contributed by atoms with E-state index in [2.05, 4.69) is 30.6 Å². The third-order valence-corrected chi connectivity index (χ3v) is 6.54. The number of anilines is 1. The van der Waals surface area contributed by atoms with Gasteiger partial charge in [0.05, 0.1) is 23.8 Å². The van der Waals surface area contributed by atoms with Gasteiger partial charge in [-0.3, -0.25) is 4.68 Å². The number of nitrogens with one attached hydrogen (secondary N) is 1. The molecule has 0 unspecified atom stereocenters. The van der Waals surface area contributed by atoms with E-state index in [9.17, 15) is 8.78 Å². The summed E-state index contributed by atoms with van der Waals surface area (Å²) < 4.78 is 31.5. The van der Waals surface area contributed by atoms with Crippen LogP contribution in [0.4, 0.5) is 14.7 Å². The zero-order chi connectivity index (χ0) is 24.4. The summed E-state index contributed by atoms with van der Waals surface area (Å²) >= 11 is 1.41. The minimum Gasteiger partial charge on any atom is -0.352 e. The first-order chi connectivity index (χ1) is 17.0. The lowest BCUT2D eigenvalue weighted by Crippen LogP contribution is -2.13. The minimum atomic E-state index is -0.542. The van der Waals surface area contributed by atoms with Gasteiger partial charge >= 0.3 is 0 Å². The van der Waals surface area contributed by atoms with Gasteiger partial charge in [0.15, 0.2) is 5.82 Å². The molecule has 8 nitrogen and oxygen atoms in total. The molecule has 0 radical (unpaired) electrons. The van der Waals surface area contributed by atoms with Crippen LogP contribution in [0.25, 0.3) is 31.8 Å². The second-order valence-electron chi connectivity index (χ2n) is 8.22. The van der Waals surface area contributed by atoms with E-state index in [1.54, 1.807) is 23.3 Å². The number of halogens is 2. The number of rotatable bonds is 8. The molecule has 0 atom stereocenters. The number of nitrogens with zero attached hydrogens (tertiary/aromatic N) is 7. The molecule has 0 bridgehead atoms. The number of fused-ring (bicyclic) bond motifs is 1. The summed E-state index contributed by atoms with van der Waals surface area (Å²) in [5.41, 5.74) is 2.76. The smallest absolute Gasteiger partial charge is 0.223 e. The van der Waals surface area contributed by atoms with Crippen LogP contribution in [-0.4, -0.2) is 55.5 Å². The quantitative estimate of drug-likeness (QED) is 0.320. The first-order valence-electron chi connectivity index (χ1n) is 10.9. The summed E-state index contributed by atoms with van der Waals surface area (Å²) in [7, 11) is 3.90. The molecule has 0 aliphatic heterocycles. The molecule has 11 heteroatoms. The van der Waals surface area contributed by atoms with Crippen LogP contribution in [-0.2, 0) is 13.1 Å². The lowest BCUT2D eigenvalue weighted by atomic mass is 10.00. The van der Waals surface area contributed by atoms with E-state index in [-0.39, 0.29) is 5.69 Å². The van der Waals surface area contributed by atoms with Crippen LogP contribution >= 0.6 is 11.3 Å². The maximum absolute atomic E-state index is 14.8. The average Bonchev–Trinajstić information content (AvgIpc) is 3.51. The zero-order valence-electron chi connectivity index (χ0n) is 19.1. The van der Waals surface area contributed by atoms with Gasteiger partial charge in [-0.1, -0.05) is 23.4 Å². The third kappa shape index (κ3) is 5.00. The van der Waals surface area contributed by atoms with E-state index in [0.29, 0.717) is 30.5 Å². The Morgan fingerprint density at radius 2 is 1.97 bits per heavy atom. The SMILES string of the molecule is CN(C)Cc1cnc(F)cc1-c1cccc2cc(-c3nc(NCCn4ccnn4)ncc3F)sc12. The highest BCUT2D eigenvalue weighted by molar-refractivity contribution is 7.22. The molecule has 35 heavy (non-hydrogen) atoms. The summed E-state index contributed by atoms with van der Waals surface area (Å²) in [5, 5.41) is 11.7. The first-order valence-corrected chi connectivity index (χ1v) is 11.7. The van der Waals surface area contributed by atoms with Crippen molar-refractivity contribution in [1.29, 1.82) is 0 Å².